The van der Waals surface area contributed by atoms with Crippen LogP contribution in [0.1, 0.15) is 0 Å². The Morgan fingerprint density at radius 1 is 1.83 bits per heavy atom. The van der Waals surface area contributed by atoms with Gasteiger partial charge in [-0.3, -0.25) is 11.1 Å². The van der Waals surface area contributed by atoms with Crippen LogP contribution in [0.3, 0.4) is 0 Å². The van der Waals surface area contributed by atoms with E-state index in [4.69, 9.17) is 16.2 Å². The summed E-state index contributed by atoms with van der Waals surface area (Å²) in [4.78, 5) is 0. The van der Waals surface area contributed by atoms with Gasteiger partial charge in [0.05, 0.1) is 0 Å². The van der Waals surface area contributed by atoms with Crippen molar-refractivity contribution in [2.75, 3.05) is 6.61 Å². The number of halogens is 1. The largest absolute Gasteiger partial charge is 1.00 e. The molecule has 4 heteroatoms. The second kappa shape index (κ2) is 4.72. The molecule has 0 aliphatic carbocycles. The highest BCUT2D eigenvalue weighted by Gasteiger charge is 1.81. The molecule has 0 rings (SSSR count). The number of hydrogen-bond donors (Lipinski definition) is 3. The third-order valence-electron chi connectivity index (χ3n) is 0.183. The lowest BCUT2D eigenvalue weighted by atomic mass is 10.7. The Hall–Kier alpha value is -0.280. The smallest absolute Gasteiger partial charge is 0.264 e. The van der Waals surface area contributed by atoms with Crippen LogP contribution in [0.25, 0.3) is 0 Å². The van der Waals surface area contributed by atoms with E-state index in [2.05, 4.69) is 0 Å². The van der Waals surface area contributed by atoms with E-state index in [9.17, 15) is 0 Å². The Bertz CT molecular complexity index is 46.8. The first-order valence-electron chi connectivity index (χ1n) is 1.25. The summed E-state index contributed by atoms with van der Waals surface area (Å²) in [6.07, 6.45) is 0. The van der Waals surface area contributed by atoms with Crippen LogP contribution in [-0.4, -0.2) is 17.5 Å². The standard InChI is InChI=1S/C2H6N2O.ClH/c3-2(4)1-5;/h5H,1H2,(H3,3,4);1H. The van der Waals surface area contributed by atoms with Crippen LogP contribution >= 0.6 is 0 Å². The maximum absolute atomic E-state index is 7.86. The summed E-state index contributed by atoms with van der Waals surface area (Å²) in [5.74, 6) is 0.0602. The van der Waals surface area contributed by atoms with E-state index in [0.717, 1.165) is 0 Å². The number of nitrogens with two attached hydrogens (primary N) is 2. The van der Waals surface area contributed by atoms with Crippen LogP contribution in [0, 0.1) is 0 Å². The van der Waals surface area contributed by atoms with Gasteiger partial charge < -0.3 is 17.5 Å². The topological polar surface area (TPSA) is 71.8 Å². The molecule has 0 aromatic rings. The van der Waals surface area contributed by atoms with Crippen molar-refractivity contribution in [3.63, 3.8) is 0 Å². The average Bonchev–Trinajstić information content (AvgIpc) is 1.38. The SMILES string of the molecule is NC(=[NH2+])CO.[Cl-]. The molecule has 3 nitrogen and oxygen atoms in total. The molecule has 0 heterocycles. The predicted molar refractivity (Wildman–Crippen MR) is 18.2 cm³/mol. The quantitative estimate of drug-likeness (QED) is 0.232. The molecule has 0 saturated heterocycles. The minimum absolute atomic E-state index is 0. The first kappa shape index (κ1) is 9.21. The molecule has 0 aromatic heterocycles. The predicted octanol–water partition coefficient (Wildman–Crippen LogP) is -5.90. The van der Waals surface area contributed by atoms with E-state index in [1.807, 2.05) is 0 Å². The molecule has 5 N–H and O–H groups in total. The maximum atomic E-state index is 7.86. The summed E-state index contributed by atoms with van der Waals surface area (Å²) in [6, 6.07) is 0. The van der Waals surface area contributed by atoms with Crippen molar-refractivity contribution in [2.24, 2.45) is 5.73 Å². The molecule has 0 atom stereocenters. The highest BCUT2D eigenvalue weighted by atomic mass is 35.5. The van der Waals surface area contributed by atoms with Gasteiger partial charge in [-0.2, -0.15) is 0 Å². The van der Waals surface area contributed by atoms with Crippen LogP contribution in [0.2, 0.25) is 0 Å². The lowest BCUT2D eigenvalue weighted by molar-refractivity contribution is -0.120. The van der Waals surface area contributed by atoms with Crippen molar-refractivity contribution in [2.45, 2.75) is 0 Å². The average molecular weight is 111 g/mol. The van der Waals surface area contributed by atoms with Crippen molar-refractivity contribution in [3.05, 3.63) is 0 Å². The third kappa shape index (κ3) is 9.30. The highest BCUT2D eigenvalue weighted by Crippen LogP contribution is 1.35. The van der Waals surface area contributed by atoms with Gasteiger partial charge in [0.1, 0.15) is 6.61 Å². The summed E-state index contributed by atoms with van der Waals surface area (Å²) in [5.41, 5.74) is 4.74. The molecule has 0 radical (unpaired) electrons. The van der Waals surface area contributed by atoms with Gasteiger partial charge in [-0.1, -0.05) is 0 Å². The van der Waals surface area contributed by atoms with E-state index in [1.54, 1.807) is 0 Å². The molecule has 0 spiro atoms. The van der Waals surface area contributed by atoms with E-state index < -0.39 is 0 Å². The van der Waals surface area contributed by atoms with E-state index in [1.165, 1.54) is 0 Å². The molecule has 0 bridgehead atoms. The first-order chi connectivity index (χ1) is 2.27. The monoisotopic (exact) mass is 110 g/mol. The third-order valence-corrected chi connectivity index (χ3v) is 0.183. The van der Waals surface area contributed by atoms with Crippen LogP contribution < -0.4 is 23.5 Å². The first-order valence-corrected chi connectivity index (χ1v) is 1.25. The number of amidine groups is 1. The zero-order valence-corrected chi connectivity index (χ0v) is 3.94. The van der Waals surface area contributed by atoms with Gasteiger partial charge in [-0.25, -0.2) is 0 Å². The zero-order chi connectivity index (χ0) is 4.28. The van der Waals surface area contributed by atoms with Crippen LogP contribution in [-0.2, 0) is 0 Å². The molecule has 38 valence electrons. The molecule has 0 aliphatic rings. The van der Waals surface area contributed by atoms with Gasteiger partial charge in [0.15, 0.2) is 0 Å². The lowest BCUT2D eigenvalue weighted by Crippen LogP contribution is -3.00. The fourth-order valence-corrected chi connectivity index (χ4v) is 0. The zero-order valence-electron chi connectivity index (χ0n) is 3.19. The number of rotatable bonds is 1. The van der Waals surface area contributed by atoms with Gasteiger partial charge in [0, 0.05) is 0 Å². The fourth-order valence-electron chi connectivity index (χ4n) is 0. The van der Waals surface area contributed by atoms with Crippen molar-refractivity contribution >= 4 is 5.84 Å². The summed E-state index contributed by atoms with van der Waals surface area (Å²) in [6.45, 7) is -0.222. The number of aliphatic hydroxyl groups is 1. The summed E-state index contributed by atoms with van der Waals surface area (Å²) in [5, 5.41) is 12.6. The summed E-state index contributed by atoms with van der Waals surface area (Å²) < 4.78 is 0. The van der Waals surface area contributed by atoms with Crippen LogP contribution in [0.5, 0.6) is 0 Å². The number of hydrogen-bond acceptors (Lipinski definition) is 1. The van der Waals surface area contributed by atoms with Crippen LogP contribution in [0.4, 0.5) is 0 Å². The van der Waals surface area contributed by atoms with Gasteiger partial charge in [0.25, 0.3) is 5.84 Å². The van der Waals surface area contributed by atoms with Crippen molar-refractivity contribution in [1.82, 2.24) is 0 Å². The molecule has 6 heavy (non-hydrogen) atoms. The molecule has 0 amide bonds. The van der Waals surface area contributed by atoms with E-state index in [0.29, 0.717) is 0 Å². The van der Waals surface area contributed by atoms with Crippen molar-refractivity contribution in [1.29, 1.82) is 0 Å². The van der Waals surface area contributed by atoms with Crippen LogP contribution in [0.15, 0.2) is 0 Å². The second-order valence-corrected chi connectivity index (χ2v) is 0.733. The lowest BCUT2D eigenvalue weighted by Gasteiger charge is -1.71. The Kier molecular flexibility index (Phi) is 7.24. The molecule has 0 unspecified atom stereocenters. The van der Waals surface area contributed by atoms with Gasteiger partial charge in [-0.15, -0.1) is 0 Å². The highest BCUT2D eigenvalue weighted by molar-refractivity contribution is 5.74. The van der Waals surface area contributed by atoms with Gasteiger partial charge >= 0.3 is 0 Å². The number of aliphatic hydroxyl groups excluding tert-OH is 1. The Morgan fingerprint density at radius 3 is 2.00 bits per heavy atom. The molecule has 0 saturated carbocycles. The normalized spacial score (nSPS) is 6.17. The fraction of sp³-hybridized carbons (Fsp3) is 0.500. The van der Waals surface area contributed by atoms with Crippen molar-refractivity contribution in [3.8, 4) is 0 Å². The molecule has 0 aromatic carbocycles. The second-order valence-electron chi connectivity index (χ2n) is 0.733. The molecular weight excluding hydrogens is 103 g/mol. The maximum Gasteiger partial charge on any atom is 0.264 e. The van der Waals surface area contributed by atoms with Crippen molar-refractivity contribution < 1.29 is 22.9 Å². The minimum Gasteiger partial charge on any atom is -1.00 e. The molecule has 0 aliphatic heterocycles. The Morgan fingerprint density at radius 2 is 2.00 bits per heavy atom. The van der Waals surface area contributed by atoms with E-state index in [-0.39, 0.29) is 24.8 Å². The van der Waals surface area contributed by atoms with Gasteiger partial charge in [0.2, 0.25) is 0 Å². The molecular formula is C2H7ClN2O. The molecule has 0 fully saturated rings. The van der Waals surface area contributed by atoms with Gasteiger partial charge in [-0.05, 0) is 0 Å². The Labute approximate surface area is 42.1 Å². The summed E-state index contributed by atoms with van der Waals surface area (Å²) >= 11 is 0. The van der Waals surface area contributed by atoms with E-state index >= 15 is 0 Å². The Balaban J connectivity index is 0. The summed E-state index contributed by atoms with van der Waals surface area (Å²) in [7, 11) is 0. The minimum atomic E-state index is -0.222.